The summed E-state index contributed by atoms with van der Waals surface area (Å²) in [4.78, 5) is 10.2. The van der Waals surface area contributed by atoms with Gasteiger partial charge in [0.1, 0.15) is 23.0 Å². The van der Waals surface area contributed by atoms with Crippen LogP contribution >= 0.6 is 0 Å². The van der Waals surface area contributed by atoms with E-state index in [9.17, 15) is 0 Å². The molecule has 6 heterocycles. The van der Waals surface area contributed by atoms with Crippen LogP contribution in [0, 0.1) is 41.5 Å². The van der Waals surface area contributed by atoms with E-state index in [0.29, 0.717) is 0 Å². The summed E-state index contributed by atoms with van der Waals surface area (Å²) in [7, 11) is 2.28. The lowest BCUT2D eigenvalue weighted by Crippen LogP contribution is -2.65. The molecular formula is C83H83B3N4O2. The summed E-state index contributed by atoms with van der Waals surface area (Å²) in [5.41, 5.74) is 36.6. The Labute approximate surface area is 547 Å². The highest BCUT2D eigenvalue weighted by Crippen LogP contribution is 2.50. The van der Waals surface area contributed by atoms with Gasteiger partial charge in [0, 0.05) is 70.0 Å². The maximum Gasteiger partial charge on any atom is 0.256 e. The number of fused-ring (bicyclic) bond motifs is 12. The minimum absolute atomic E-state index is 0.0124. The van der Waals surface area contributed by atoms with Crippen LogP contribution in [0.1, 0.15) is 139 Å². The molecule has 0 spiro atoms. The molecule has 6 aliphatic heterocycles. The summed E-state index contributed by atoms with van der Waals surface area (Å²) in [5, 5.41) is 0. The van der Waals surface area contributed by atoms with Gasteiger partial charge in [0.25, 0.3) is 20.1 Å². The van der Waals surface area contributed by atoms with Crippen molar-refractivity contribution < 1.29 is 9.47 Å². The highest BCUT2D eigenvalue weighted by atomic mass is 16.5. The third-order valence-electron chi connectivity index (χ3n) is 21.1. The Morgan fingerprint density at radius 3 is 1.21 bits per heavy atom. The van der Waals surface area contributed by atoms with E-state index in [-0.39, 0.29) is 41.8 Å². The fraction of sp³-hybridized carbons (Fsp3) is 0.277. The fourth-order valence-electron chi connectivity index (χ4n) is 16.6. The molecule has 6 nitrogen and oxygen atoms in total. The SMILES string of the molecule is Cc1cc(C)c(N2c3cc4c(cc3B3c5cc(C(C)(C)C)ccc5Oc5cc(C)cc2c53)B2c3cc5c(cc3N(C)c3cc(C)cc(c32)O4)N(c2ccc(C(C)(C)C)cc2)c2cc(C)cc3c2B5c2cc(C(C)(C)C)ccc2N3c2ccc(C(C)(C)C)cc2)c(C)c1. The summed E-state index contributed by atoms with van der Waals surface area (Å²) >= 11 is 0. The van der Waals surface area contributed by atoms with Crippen molar-refractivity contribution in [2.45, 2.75) is 146 Å². The molecule has 0 unspecified atom stereocenters. The van der Waals surface area contributed by atoms with Crippen LogP contribution in [0.25, 0.3) is 0 Å². The van der Waals surface area contributed by atoms with Crippen LogP contribution in [0.3, 0.4) is 0 Å². The van der Waals surface area contributed by atoms with Crippen molar-refractivity contribution in [2.75, 3.05) is 26.6 Å². The Bertz CT molecular complexity index is 4840. The maximum absolute atomic E-state index is 7.58. The van der Waals surface area contributed by atoms with Gasteiger partial charge in [-0.1, -0.05) is 161 Å². The van der Waals surface area contributed by atoms with Gasteiger partial charge in [0.05, 0.1) is 5.69 Å². The predicted octanol–water partition coefficient (Wildman–Crippen LogP) is 15.9. The molecular weight excluding hydrogens is 1120 g/mol. The number of hydrogen-bond acceptors (Lipinski definition) is 6. The predicted molar refractivity (Wildman–Crippen MR) is 395 cm³/mol. The first-order chi connectivity index (χ1) is 43.5. The van der Waals surface area contributed by atoms with Crippen molar-refractivity contribution in [1.29, 1.82) is 0 Å². The van der Waals surface area contributed by atoms with Crippen molar-refractivity contribution in [1.82, 2.24) is 0 Å². The largest absolute Gasteiger partial charge is 0.458 e. The summed E-state index contributed by atoms with van der Waals surface area (Å²) in [6.45, 7) is 41.0. The van der Waals surface area contributed by atoms with E-state index in [1.54, 1.807) is 0 Å². The van der Waals surface area contributed by atoms with Crippen LogP contribution in [-0.2, 0) is 21.7 Å². The maximum atomic E-state index is 7.58. The van der Waals surface area contributed by atoms with Crippen LogP contribution in [0.5, 0.6) is 23.0 Å². The Morgan fingerprint density at radius 2 is 0.663 bits per heavy atom. The molecule has 0 bridgehead atoms. The molecule has 456 valence electrons. The van der Waals surface area contributed by atoms with Gasteiger partial charge in [-0.15, -0.1) is 0 Å². The van der Waals surface area contributed by atoms with E-state index < -0.39 is 0 Å². The molecule has 0 atom stereocenters. The lowest BCUT2D eigenvalue weighted by molar-refractivity contribution is 0.485. The van der Waals surface area contributed by atoms with Gasteiger partial charge in [-0.3, -0.25) is 0 Å². The zero-order valence-electron chi connectivity index (χ0n) is 57.3. The zero-order valence-corrected chi connectivity index (χ0v) is 57.3. The number of hydrogen-bond donors (Lipinski definition) is 0. The van der Waals surface area contributed by atoms with Gasteiger partial charge in [-0.05, 0) is 241 Å². The average molecular weight is 1200 g/mol. The number of ether oxygens (including phenoxy) is 2. The molecule has 92 heavy (non-hydrogen) atoms. The Morgan fingerprint density at radius 1 is 0.283 bits per heavy atom. The molecule has 0 aliphatic carbocycles. The van der Waals surface area contributed by atoms with Gasteiger partial charge in [-0.25, -0.2) is 0 Å². The molecule has 0 N–H and O–H groups in total. The fourth-order valence-corrected chi connectivity index (χ4v) is 16.6. The standard InChI is InChI=1S/C83H83B3N4O2/c1-46-32-50(5)79(51(6)33-46)90-67-45-73-63(43-61(67)86-62-41-55(83(16,17)18)25-31-72(62)91-75-39-49(4)37-71(90)78(75)86)85-59-42-60-66(44-65(59)87(19)68-34-48(3)38-74(92-73)77(68)85)89(57-28-22-53(23-29-57)81(10,11)12)70-36-47(2)35-69-76(70)84(60)58-40-54(82(13,14)15)24-30-64(58)88(69)56-26-20-52(21-27-56)80(7,8)9/h20-45H,1-19H3. The molecule has 10 aromatic rings. The average Bonchev–Trinajstić information content (AvgIpc) is 0.693. The Balaban J connectivity index is 0.993. The van der Waals surface area contributed by atoms with Crippen molar-refractivity contribution in [3.05, 3.63) is 213 Å². The first-order valence-electron chi connectivity index (χ1n) is 33.4. The van der Waals surface area contributed by atoms with Crippen molar-refractivity contribution >= 4 is 132 Å². The summed E-state index contributed by atoms with van der Waals surface area (Å²) in [5.74, 6) is 3.64. The van der Waals surface area contributed by atoms with E-state index in [2.05, 4.69) is 309 Å². The number of rotatable bonds is 3. The van der Waals surface area contributed by atoms with Gasteiger partial charge in [0.15, 0.2) is 0 Å². The minimum atomic E-state index is -0.179. The van der Waals surface area contributed by atoms with E-state index in [1.807, 2.05) is 0 Å². The van der Waals surface area contributed by atoms with Gasteiger partial charge in [0.2, 0.25) is 0 Å². The van der Waals surface area contributed by atoms with Gasteiger partial charge in [-0.2, -0.15) is 0 Å². The van der Waals surface area contributed by atoms with Crippen LogP contribution in [0.4, 0.5) is 62.6 Å². The van der Waals surface area contributed by atoms with Crippen molar-refractivity contribution in [2.24, 2.45) is 0 Å². The van der Waals surface area contributed by atoms with Gasteiger partial charge >= 0.3 is 0 Å². The molecule has 0 amide bonds. The van der Waals surface area contributed by atoms with E-state index >= 15 is 0 Å². The van der Waals surface area contributed by atoms with E-state index in [1.165, 1.54) is 133 Å². The third kappa shape index (κ3) is 8.69. The summed E-state index contributed by atoms with van der Waals surface area (Å²) in [6, 6.07) is 62.3. The molecule has 0 radical (unpaired) electrons. The number of benzene rings is 10. The summed E-state index contributed by atoms with van der Waals surface area (Å²) in [6.07, 6.45) is 0. The quantitative estimate of drug-likeness (QED) is 0.164. The Hall–Kier alpha value is -8.81. The molecule has 0 saturated heterocycles. The lowest BCUT2D eigenvalue weighted by atomic mass is 9.29. The van der Waals surface area contributed by atoms with E-state index in [0.717, 1.165) is 56.9 Å². The van der Waals surface area contributed by atoms with Crippen molar-refractivity contribution in [3.8, 4) is 23.0 Å². The second-order valence-corrected chi connectivity index (χ2v) is 32.0. The number of aryl methyl sites for hydroxylation is 6. The zero-order chi connectivity index (χ0) is 64.5. The second kappa shape index (κ2) is 19.6. The van der Waals surface area contributed by atoms with E-state index in [4.69, 9.17) is 9.47 Å². The molecule has 0 aromatic heterocycles. The molecule has 0 saturated carbocycles. The van der Waals surface area contributed by atoms with Gasteiger partial charge < -0.3 is 29.1 Å². The van der Waals surface area contributed by atoms with Crippen LogP contribution in [0.2, 0.25) is 0 Å². The number of nitrogens with zero attached hydrogens (tertiary/aromatic N) is 4. The number of anilines is 11. The van der Waals surface area contributed by atoms with Crippen LogP contribution in [-0.4, -0.2) is 27.2 Å². The monoisotopic (exact) mass is 1200 g/mol. The summed E-state index contributed by atoms with van der Waals surface area (Å²) < 4.78 is 14.7. The smallest absolute Gasteiger partial charge is 0.256 e. The second-order valence-electron chi connectivity index (χ2n) is 32.0. The first-order valence-corrected chi connectivity index (χ1v) is 33.4. The van der Waals surface area contributed by atoms with Crippen LogP contribution < -0.4 is 78.2 Å². The molecule has 9 heteroatoms. The molecule has 10 aromatic carbocycles. The first kappa shape index (κ1) is 58.3. The normalized spacial score (nSPS) is 14.7. The molecule has 16 rings (SSSR count). The highest BCUT2D eigenvalue weighted by molar-refractivity contribution is 7.04. The highest BCUT2D eigenvalue weighted by Gasteiger charge is 2.50. The molecule has 0 fully saturated rings. The van der Waals surface area contributed by atoms with Crippen molar-refractivity contribution in [3.63, 3.8) is 0 Å². The topological polar surface area (TPSA) is 31.4 Å². The minimum Gasteiger partial charge on any atom is -0.458 e. The Kier molecular flexibility index (Phi) is 12.4. The van der Waals surface area contributed by atoms with Crippen LogP contribution in [0.15, 0.2) is 158 Å². The lowest BCUT2D eigenvalue weighted by Gasteiger charge is -2.46. The third-order valence-corrected chi connectivity index (χ3v) is 21.1. The molecule has 6 aliphatic rings.